The van der Waals surface area contributed by atoms with Crippen molar-refractivity contribution in [2.24, 2.45) is 5.73 Å². The fraction of sp³-hybridized carbons (Fsp3) is 0.286. The van der Waals surface area contributed by atoms with Crippen LogP contribution in [-0.2, 0) is 4.74 Å². The van der Waals surface area contributed by atoms with Crippen LogP contribution in [0.5, 0.6) is 0 Å². The van der Waals surface area contributed by atoms with Crippen molar-refractivity contribution in [3.8, 4) is 0 Å². The zero-order chi connectivity index (χ0) is 12.1. The topological polar surface area (TPSA) is 55.5 Å². The van der Waals surface area contributed by atoms with Gasteiger partial charge in [-0.2, -0.15) is 0 Å². The van der Waals surface area contributed by atoms with Crippen LogP contribution in [0.25, 0.3) is 10.8 Å². The molecule has 1 unspecified atom stereocenters. The molecule has 0 aromatic heterocycles. The van der Waals surface area contributed by atoms with E-state index in [4.69, 9.17) is 10.5 Å². The Hall–Kier alpha value is -1.42. The normalized spacial score (nSPS) is 12.8. The molecule has 0 aliphatic rings. The second-order valence-corrected chi connectivity index (χ2v) is 3.95. The van der Waals surface area contributed by atoms with Gasteiger partial charge in [0.1, 0.15) is 6.10 Å². The van der Waals surface area contributed by atoms with Gasteiger partial charge >= 0.3 is 0 Å². The predicted molar refractivity (Wildman–Crippen MR) is 68.8 cm³/mol. The molecular weight excluding hydrogens is 214 g/mol. The molecule has 90 valence electrons. The summed E-state index contributed by atoms with van der Waals surface area (Å²) in [5.74, 6) is 0. The lowest BCUT2D eigenvalue weighted by molar-refractivity contribution is 0.0403. The van der Waals surface area contributed by atoms with E-state index in [1.807, 2.05) is 42.5 Å². The van der Waals surface area contributed by atoms with Gasteiger partial charge in [0.2, 0.25) is 0 Å². The van der Waals surface area contributed by atoms with Crippen LogP contribution in [0.3, 0.4) is 0 Å². The molecule has 3 N–H and O–H groups in total. The number of hydrogen-bond donors (Lipinski definition) is 2. The Labute approximate surface area is 101 Å². The Bertz CT molecular complexity index is 479. The minimum absolute atomic E-state index is 0.283. The molecule has 0 bridgehead atoms. The zero-order valence-corrected chi connectivity index (χ0v) is 9.67. The van der Waals surface area contributed by atoms with Crippen molar-refractivity contribution in [2.45, 2.75) is 6.10 Å². The van der Waals surface area contributed by atoms with Gasteiger partial charge in [-0.05, 0) is 16.3 Å². The van der Waals surface area contributed by atoms with Crippen LogP contribution in [0, 0.1) is 0 Å². The largest absolute Gasteiger partial charge is 0.386 e. The van der Waals surface area contributed by atoms with E-state index in [1.165, 1.54) is 0 Å². The first-order valence-corrected chi connectivity index (χ1v) is 5.76. The Morgan fingerprint density at radius 3 is 2.71 bits per heavy atom. The van der Waals surface area contributed by atoms with Crippen LogP contribution in [0.15, 0.2) is 42.5 Å². The number of aliphatic hydroxyl groups is 1. The van der Waals surface area contributed by atoms with E-state index in [0.29, 0.717) is 13.2 Å². The number of benzene rings is 2. The molecule has 2 rings (SSSR count). The van der Waals surface area contributed by atoms with Crippen molar-refractivity contribution in [2.75, 3.05) is 19.8 Å². The number of nitrogens with two attached hydrogens (primary N) is 1. The Balaban J connectivity index is 2.22. The highest BCUT2D eigenvalue weighted by Gasteiger charge is 2.10. The second kappa shape index (κ2) is 5.77. The fourth-order valence-electron chi connectivity index (χ4n) is 1.91. The van der Waals surface area contributed by atoms with Gasteiger partial charge in [-0.25, -0.2) is 0 Å². The molecule has 3 nitrogen and oxygen atoms in total. The van der Waals surface area contributed by atoms with Crippen molar-refractivity contribution < 1.29 is 9.84 Å². The van der Waals surface area contributed by atoms with Gasteiger partial charge in [-0.1, -0.05) is 42.5 Å². The summed E-state index contributed by atoms with van der Waals surface area (Å²) in [5, 5.41) is 12.3. The third-order valence-electron chi connectivity index (χ3n) is 2.72. The Morgan fingerprint density at radius 1 is 1.12 bits per heavy atom. The molecule has 0 amide bonds. The second-order valence-electron chi connectivity index (χ2n) is 3.95. The molecule has 0 saturated heterocycles. The van der Waals surface area contributed by atoms with Gasteiger partial charge < -0.3 is 15.6 Å². The molecule has 0 aliphatic heterocycles. The molecule has 0 saturated carbocycles. The SMILES string of the molecule is NCCOCC(O)c1cccc2ccccc12. The highest BCUT2D eigenvalue weighted by Crippen LogP contribution is 2.24. The number of rotatable bonds is 5. The first kappa shape index (κ1) is 12.0. The molecule has 0 radical (unpaired) electrons. The predicted octanol–water partition coefficient (Wildman–Crippen LogP) is 1.85. The first-order valence-electron chi connectivity index (χ1n) is 5.76. The van der Waals surface area contributed by atoms with E-state index in [0.717, 1.165) is 16.3 Å². The van der Waals surface area contributed by atoms with E-state index in [-0.39, 0.29) is 6.61 Å². The maximum atomic E-state index is 10.1. The van der Waals surface area contributed by atoms with Gasteiger partial charge in [-0.3, -0.25) is 0 Å². The van der Waals surface area contributed by atoms with Crippen LogP contribution >= 0.6 is 0 Å². The molecular formula is C14H17NO2. The number of hydrogen-bond acceptors (Lipinski definition) is 3. The van der Waals surface area contributed by atoms with Gasteiger partial charge in [0.15, 0.2) is 0 Å². The minimum atomic E-state index is -0.604. The van der Waals surface area contributed by atoms with Crippen molar-refractivity contribution in [3.63, 3.8) is 0 Å². The maximum absolute atomic E-state index is 10.1. The van der Waals surface area contributed by atoms with Crippen LogP contribution in [0.4, 0.5) is 0 Å². The smallest absolute Gasteiger partial charge is 0.103 e. The quantitative estimate of drug-likeness (QED) is 0.772. The Kier molecular flexibility index (Phi) is 4.09. The number of aliphatic hydroxyl groups excluding tert-OH is 1. The summed E-state index contributed by atoms with van der Waals surface area (Å²) in [6, 6.07) is 13.9. The number of ether oxygens (including phenoxy) is 1. The standard InChI is InChI=1S/C14H17NO2/c15-8-9-17-10-14(16)13-7-3-5-11-4-1-2-6-12(11)13/h1-7,14,16H,8-10,15H2. The van der Waals surface area contributed by atoms with Gasteiger partial charge in [-0.15, -0.1) is 0 Å². The van der Waals surface area contributed by atoms with Crippen molar-refractivity contribution in [1.82, 2.24) is 0 Å². The summed E-state index contributed by atoms with van der Waals surface area (Å²) in [6.07, 6.45) is -0.604. The monoisotopic (exact) mass is 231 g/mol. The third-order valence-corrected chi connectivity index (χ3v) is 2.72. The summed E-state index contributed by atoms with van der Waals surface area (Å²) in [5.41, 5.74) is 6.24. The minimum Gasteiger partial charge on any atom is -0.386 e. The summed E-state index contributed by atoms with van der Waals surface area (Å²) in [7, 11) is 0. The summed E-state index contributed by atoms with van der Waals surface area (Å²) >= 11 is 0. The molecule has 0 aliphatic carbocycles. The van der Waals surface area contributed by atoms with Crippen LogP contribution in [0.2, 0.25) is 0 Å². The highest BCUT2D eigenvalue weighted by atomic mass is 16.5. The molecule has 2 aromatic rings. The Morgan fingerprint density at radius 2 is 1.88 bits per heavy atom. The van der Waals surface area contributed by atoms with Crippen molar-refractivity contribution in [1.29, 1.82) is 0 Å². The van der Waals surface area contributed by atoms with Crippen LogP contribution < -0.4 is 5.73 Å². The van der Waals surface area contributed by atoms with E-state index in [1.54, 1.807) is 0 Å². The molecule has 3 heteroatoms. The van der Waals surface area contributed by atoms with E-state index in [2.05, 4.69) is 0 Å². The molecule has 2 aromatic carbocycles. The lowest BCUT2D eigenvalue weighted by Gasteiger charge is -2.13. The molecule has 0 fully saturated rings. The molecule has 17 heavy (non-hydrogen) atoms. The van der Waals surface area contributed by atoms with Crippen LogP contribution in [-0.4, -0.2) is 24.9 Å². The van der Waals surface area contributed by atoms with Crippen molar-refractivity contribution in [3.05, 3.63) is 48.0 Å². The summed E-state index contributed by atoms with van der Waals surface area (Å²) in [4.78, 5) is 0. The van der Waals surface area contributed by atoms with Gasteiger partial charge in [0, 0.05) is 6.54 Å². The van der Waals surface area contributed by atoms with Crippen molar-refractivity contribution >= 4 is 10.8 Å². The summed E-state index contributed by atoms with van der Waals surface area (Å²) in [6.45, 7) is 1.23. The fourth-order valence-corrected chi connectivity index (χ4v) is 1.91. The van der Waals surface area contributed by atoms with E-state index < -0.39 is 6.10 Å². The lowest BCUT2D eigenvalue weighted by atomic mass is 10.0. The maximum Gasteiger partial charge on any atom is 0.103 e. The van der Waals surface area contributed by atoms with Gasteiger partial charge in [0.05, 0.1) is 13.2 Å². The third kappa shape index (κ3) is 2.82. The molecule has 0 spiro atoms. The highest BCUT2D eigenvalue weighted by molar-refractivity contribution is 5.85. The zero-order valence-electron chi connectivity index (χ0n) is 9.67. The van der Waals surface area contributed by atoms with E-state index in [9.17, 15) is 5.11 Å². The molecule has 1 atom stereocenters. The average Bonchev–Trinajstić information content (AvgIpc) is 2.38. The average molecular weight is 231 g/mol. The van der Waals surface area contributed by atoms with Crippen LogP contribution in [0.1, 0.15) is 11.7 Å². The lowest BCUT2D eigenvalue weighted by Crippen LogP contribution is -2.13. The van der Waals surface area contributed by atoms with E-state index >= 15 is 0 Å². The molecule has 0 heterocycles. The summed E-state index contributed by atoms with van der Waals surface area (Å²) < 4.78 is 5.27. The first-order chi connectivity index (χ1) is 8.33. The van der Waals surface area contributed by atoms with Gasteiger partial charge in [0.25, 0.3) is 0 Å². The number of fused-ring (bicyclic) bond motifs is 1.